The van der Waals surface area contributed by atoms with Crippen LogP contribution in [0.25, 0.3) is 27.7 Å². The molecule has 0 fully saturated rings. The predicted molar refractivity (Wildman–Crippen MR) is 98.8 cm³/mol. The van der Waals surface area contributed by atoms with E-state index >= 15 is 0 Å². The van der Waals surface area contributed by atoms with Crippen LogP contribution in [-0.4, -0.2) is 25.7 Å². The van der Waals surface area contributed by atoms with E-state index in [9.17, 15) is 14.7 Å². The van der Waals surface area contributed by atoms with Gasteiger partial charge in [-0.3, -0.25) is 9.59 Å². The summed E-state index contributed by atoms with van der Waals surface area (Å²) in [5.74, 6) is -1.01. The minimum Gasteiger partial charge on any atom is -0.503 e. The average molecular weight is 345 g/mol. The lowest BCUT2D eigenvalue weighted by molar-refractivity contribution is 0.100. The molecule has 0 radical (unpaired) electrons. The van der Waals surface area contributed by atoms with Crippen LogP contribution < -0.4 is 5.43 Å². The summed E-state index contributed by atoms with van der Waals surface area (Å²) in [6.45, 7) is 1.25. The van der Waals surface area contributed by atoms with Gasteiger partial charge in [0.15, 0.2) is 17.2 Å². The van der Waals surface area contributed by atoms with Crippen molar-refractivity contribution in [2.45, 2.75) is 6.92 Å². The molecule has 0 aliphatic carbocycles. The number of H-pyrrole nitrogens is 1. The zero-order chi connectivity index (χ0) is 18.3. The zero-order valence-electron chi connectivity index (χ0n) is 13.9. The highest BCUT2D eigenvalue weighted by molar-refractivity contribution is 5.92. The number of fused-ring (bicyclic) bond motifs is 1. The van der Waals surface area contributed by atoms with Gasteiger partial charge in [0.2, 0.25) is 0 Å². The number of hydrogen-bond acceptors (Lipinski definition) is 4. The molecule has 2 heterocycles. The Morgan fingerprint density at radius 1 is 1.15 bits per heavy atom. The second kappa shape index (κ2) is 6.00. The molecule has 2 N–H and O–H groups in total. The molecule has 128 valence electrons. The highest BCUT2D eigenvalue weighted by Crippen LogP contribution is 2.29. The van der Waals surface area contributed by atoms with E-state index in [0.717, 1.165) is 22.0 Å². The summed E-state index contributed by atoms with van der Waals surface area (Å²) in [4.78, 5) is 26.8. The van der Waals surface area contributed by atoms with Gasteiger partial charge in [-0.1, -0.05) is 30.3 Å². The molecule has 0 amide bonds. The molecule has 0 saturated carbocycles. The Morgan fingerprint density at radius 3 is 2.77 bits per heavy atom. The number of aromatic hydroxyl groups is 1. The van der Waals surface area contributed by atoms with E-state index < -0.39 is 17.0 Å². The van der Waals surface area contributed by atoms with Crippen molar-refractivity contribution in [2.24, 2.45) is 0 Å². The third-order valence-electron chi connectivity index (χ3n) is 4.25. The number of Topliss-reactive ketones (excluding diaryl/α,β-unsaturated/α-hetero) is 1. The second-order valence-corrected chi connectivity index (χ2v) is 5.99. The van der Waals surface area contributed by atoms with Crippen molar-refractivity contribution in [2.75, 3.05) is 0 Å². The quantitative estimate of drug-likeness (QED) is 0.558. The summed E-state index contributed by atoms with van der Waals surface area (Å²) in [5, 5.41) is 15.2. The molecular weight excluding hydrogens is 330 g/mol. The molecule has 2 aromatic heterocycles. The lowest BCUT2D eigenvalue weighted by Crippen LogP contribution is -2.20. The lowest BCUT2D eigenvalue weighted by atomic mass is 10.0. The summed E-state index contributed by atoms with van der Waals surface area (Å²) < 4.78 is 1.36. The monoisotopic (exact) mass is 345 g/mol. The summed E-state index contributed by atoms with van der Waals surface area (Å²) in [6, 6.07) is 15.5. The molecule has 0 unspecified atom stereocenters. The van der Waals surface area contributed by atoms with E-state index in [-0.39, 0.29) is 5.69 Å². The molecule has 6 heteroatoms. The Hall–Kier alpha value is -3.67. The Balaban J connectivity index is 1.94. The van der Waals surface area contributed by atoms with Gasteiger partial charge in [-0.15, -0.1) is 0 Å². The number of rotatable bonds is 3. The minimum atomic E-state index is -0.765. The molecule has 4 rings (SSSR count). The summed E-state index contributed by atoms with van der Waals surface area (Å²) >= 11 is 0. The summed E-state index contributed by atoms with van der Waals surface area (Å²) in [5.41, 5.74) is 2.39. The van der Waals surface area contributed by atoms with Crippen LogP contribution in [0.15, 0.2) is 65.7 Å². The Morgan fingerprint density at radius 2 is 1.96 bits per heavy atom. The van der Waals surface area contributed by atoms with Gasteiger partial charge in [-0.25, -0.2) is 4.68 Å². The standard InChI is InChI=1S/C20H15N3O3/c1-12(24)19-20(26)18(25)11-23(22-19)17-5-3-2-4-15(17)14-7-6-13-8-9-21-16(13)10-14/h2-11,21,25H,1H3. The van der Waals surface area contributed by atoms with Gasteiger partial charge in [-0.05, 0) is 29.1 Å². The smallest absolute Gasteiger partial charge is 0.252 e. The number of benzene rings is 2. The van der Waals surface area contributed by atoms with Gasteiger partial charge in [0.1, 0.15) is 0 Å². The van der Waals surface area contributed by atoms with E-state index in [0.29, 0.717) is 5.69 Å². The van der Waals surface area contributed by atoms with E-state index in [1.807, 2.05) is 54.7 Å². The molecule has 0 spiro atoms. The van der Waals surface area contributed by atoms with Crippen LogP contribution in [0.1, 0.15) is 17.4 Å². The van der Waals surface area contributed by atoms with E-state index in [1.54, 1.807) is 0 Å². The fraction of sp³-hybridized carbons (Fsp3) is 0.0500. The Bertz CT molecular complexity index is 1200. The Labute approximate surface area is 148 Å². The number of aromatic amines is 1. The van der Waals surface area contributed by atoms with Crippen LogP contribution in [0, 0.1) is 0 Å². The molecule has 4 aromatic rings. The molecular formula is C20H15N3O3. The Kier molecular flexibility index (Phi) is 3.65. The molecule has 2 aromatic carbocycles. The van der Waals surface area contributed by atoms with Crippen molar-refractivity contribution >= 4 is 16.7 Å². The summed E-state index contributed by atoms with van der Waals surface area (Å²) in [7, 11) is 0. The van der Waals surface area contributed by atoms with Crippen LogP contribution in [0.3, 0.4) is 0 Å². The first-order valence-electron chi connectivity index (χ1n) is 8.05. The maximum absolute atomic E-state index is 11.9. The topological polar surface area (TPSA) is 88.0 Å². The van der Waals surface area contributed by atoms with Crippen molar-refractivity contribution < 1.29 is 9.90 Å². The molecule has 0 atom stereocenters. The summed E-state index contributed by atoms with van der Waals surface area (Å²) in [6.07, 6.45) is 3.10. The first kappa shape index (κ1) is 15.8. The van der Waals surface area contributed by atoms with E-state index in [4.69, 9.17) is 0 Å². The van der Waals surface area contributed by atoms with Crippen LogP contribution in [0.2, 0.25) is 0 Å². The van der Waals surface area contributed by atoms with E-state index in [2.05, 4.69) is 10.1 Å². The normalized spacial score (nSPS) is 11.0. The van der Waals surface area contributed by atoms with Crippen LogP contribution >= 0.6 is 0 Å². The van der Waals surface area contributed by atoms with Gasteiger partial charge >= 0.3 is 0 Å². The van der Waals surface area contributed by atoms with Crippen LogP contribution in [-0.2, 0) is 0 Å². The second-order valence-electron chi connectivity index (χ2n) is 5.99. The molecule has 26 heavy (non-hydrogen) atoms. The van der Waals surface area contributed by atoms with Gasteiger partial charge in [0.25, 0.3) is 5.43 Å². The number of nitrogens with zero attached hydrogens (tertiary/aromatic N) is 2. The maximum Gasteiger partial charge on any atom is 0.252 e. The van der Waals surface area contributed by atoms with Crippen molar-refractivity contribution in [1.29, 1.82) is 0 Å². The fourth-order valence-corrected chi connectivity index (χ4v) is 2.96. The van der Waals surface area contributed by atoms with Gasteiger partial charge in [-0.2, -0.15) is 5.10 Å². The third kappa shape index (κ3) is 2.57. The number of ketones is 1. The van der Waals surface area contributed by atoms with Crippen molar-refractivity contribution in [3.8, 4) is 22.6 Å². The number of carbonyl (C=O) groups is 1. The van der Waals surface area contributed by atoms with Crippen molar-refractivity contribution in [1.82, 2.24) is 14.8 Å². The van der Waals surface area contributed by atoms with Gasteiger partial charge in [0.05, 0.1) is 11.9 Å². The number of para-hydroxylation sites is 1. The minimum absolute atomic E-state index is 0.292. The largest absolute Gasteiger partial charge is 0.503 e. The first-order chi connectivity index (χ1) is 12.5. The van der Waals surface area contributed by atoms with Gasteiger partial charge in [0, 0.05) is 24.2 Å². The number of carbonyl (C=O) groups excluding carboxylic acids is 1. The molecule has 0 aliphatic heterocycles. The highest BCUT2D eigenvalue weighted by atomic mass is 16.3. The molecule has 0 bridgehead atoms. The zero-order valence-corrected chi connectivity index (χ0v) is 13.9. The predicted octanol–water partition coefficient (Wildman–Crippen LogP) is 3.29. The molecule has 6 nitrogen and oxygen atoms in total. The average Bonchev–Trinajstić information content (AvgIpc) is 3.11. The van der Waals surface area contributed by atoms with E-state index in [1.165, 1.54) is 17.8 Å². The SMILES string of the molecule is CC(=O)c1nn(-c2ccccc2-c2ccc3cc[nH]c3c2)cc(O)c1=O. The maximum atomic E-state index is 11.9. The first-order valence-corrected chi connectivity index (χ1v) is 8.05. The van der Waals surface area contributed by atoms with Gasteiger partial charge < -0.3 is 10.1 Å². The van der Waals surface area contributed by atoms with Crippen molar-refractivity contribution in [3.63, 3.8) is 0 Å². The number of aromatic nitrogens is 3. The highest BCUT2D eigenvalue weighted by Gasteiger charge is 2.15. The van der Waals surface area contributed by atoms with Crippen LogP contribution in [0.5, 0.6) is 5.75 Å². The lowest BCUT2D eigenvalue weighted by Gasteiger charge is -2.13. The number of hydrogen-bond donors (Lipinski definition) is 2. The molecule has 0 aliphatic rings. The van der Waals surface area contributed by atoms with Crippen LogP contribution in [0.4, 0.5) is 0 Å². The third-order valence-corrected chi connectivity index (χ3v) is 4.25. The fourth-order valence-electron chi connectivity index (χ4n) is 2.96. The molecule has 0 saturated heterocycles. The van der Waals surface area contributed by atoms with Crippen molar-refractivity contribution in [3.05, 3.63) is 76.8 Å². The number of nitrogens with one attached hydrogen (secondary N) is 1.